The van der Waals surface area contributed by atoms with E-state index in [2.05, 4.69) is 15.8 Å². The number of anilines is 2. The molecule has 136 valence electrons. The van der Waals surface area contributed by atoms with Crippen LogP contribution in [0.5, 0.6) is 5.75 Å². The molecule has 0 aliphatic carbocycles. The Balaban J connectivity index is 1.92. The van der Waals surface area contributed by atoms with Crippen LogP contribution in [0.3, 0.4) is 0 Å². The molecule has 0 bridgehead atoms. The van der Waals surface area contributed by atoms with Gasteiger partial charge >= 0.3 is 0 Å². The Morgan fingerprint density at radius 1 is 1.15 bits per heavy atom. The lowest BCUT2D eigenvalue weighted by atomic mass is 10.2. The molecule has 0 fully saturated rings. The maximum atomic E-state index is 12.0. The molecule has 2 aromatic carbocycles. The number of methoxy groups -OCH3 is 1. The molecule has 2 amide bonds. The summed E-state index contributed by atoms with van der Waals surface area (Å²) in [4.78, 5) is 28.1. The van der Waals surface area contributed by atoms with Gasteiger partial charge in [-0.05, 0) is 35.9 Å². The lowest BCUT2D eigenvalue weighted by Crippen LogP contribution is -2.18. The zero-order valence-electron chi connectivity index (χ0n) is 14.3. The third kappa shape index (κ3) is 6.10. The van der Waals surface area contributed by atoms with Gasteiger partial charge in [-0.15, -0.1) is 0 Å². The van der Waals surface area contributed by atoms with Crippen molar-refractivity contribution in [2.75, 3.05) is 24.4 Å². The number of hydrogen-bond donors (Lipinski definition) is 2. The van der Waals surface area contributed by atoms with E-state index >= 15 is 0 Å². The summed E-state index contributed by atoms with van der Waals surface area (Å²) in [6, 6.07) is 11.9. The van der Waals surface area contributed by atoms with Gasteiger partial charge in [-0.25, -0.2) is 0 Å². The number of carbonyl (C=O) groups excluding carboxylic acids is 2. The van der Waals surface area contributed by atoms with E-state index in [0.717, 1.165) is 5.56 Å². The molecule has 0 atom stereocenters. The van der Waals surface area contributed by atoms with Crippen molar-refractivity contribution in [3.63, 3.8) is 0 Å². The van der Waals surface area contributed by atoms with Crippen molar-refractivity contribution < 1.29 is 19.2 Å². The van der Waals surface area contributed by atoms with Gasteiger partial charge in [0, 0.05) is 17.6 Å². The molecule has 7 nitrogen and oxygen atoms in total. The van der Waals surface area contributed by atoms with E-state index < -0.39 is 5.91 Å². The van der Waals surface area contributed by atoms with Gasteiger partial charge in [0.15, 0.2) is 6.61 Å². The molecule has 8 heteroatoms. The average Bonchev–Trinajstić information content (AvgIpc) is 2.60. The summed E-state index contributed by atoms with van der Waals surface area (Å²) < 4.78 is 5.19. The fraction of sp³-hybridized carbons (Fsp3) is 0.167. The molecular formula is C18H18ClN3O4. The van der Waals surface area contributed by atoms with Crippen LogP contribution in [0.15, 0.2) is 47.6 Å². The molecule has 0 spiro atoms. The van der Waals surface area contributed by atoms with Crippen molar-refractivity contribution in [2.24, 2.45) is 5.16 Å². The van der Waals surface area contributed by atoms with E-state index in [1.54, 1.807) is 42.5 Å². The fourth-order valence-electron chi connectivity index (χ4n) is 2.02. The predicted octanol–water partition coefficient (Wildman–Crippen LogP) is 3.30. The van der Waals surface area contributed by atoms with Gasteiger partial charge in [-0.3, -0.25) is 9.59 Å². The van der Waals surface area contributed by atoms with E-state index in [-0.39, 0.29) is 12.5 Å². The van der Waals surface area contributed by atoms with Gasteiger partial charge in [0.2, 0.25) is 5.91 Å². The van der Waals surface area contributed by atoms with Gasteiger partial charge in [0.05, 0.1) is 19.0 Å². The van der Waals surface area contributed by atoms with Crippen molar-refractivity contribution in [2.45, 2.75) is 6.92 Å². The van der Waals surface area contributed by atoms with E-state index in [1.165, 1.54) is 20.2 Å². The SMILES string of the molecule is COc1ccc(NC(C)=O)cc1NC(=O)CO/N=C/c1ccc(Cl)cc1. The molecule has 0 heterocycles. The van der Waals surface area contributed by atoms with Gasteiger partial charge in [0.25, 0.3) is 5.91 Å². The molecule has 2 aromatic rings. The second-order valence-corrected chi connectivity index (χ2v) is 5.64. The van der Waals surface area contributed by atoms with E-state index in [1.807, 2.05) is 0 Å². The first kappa shape index (κ1) is 19.3. The third-order valence-electron chi connectivity index (χ3n) is 3.14. The minimum atomic E-state index is -0.420. The van der Waals surface area contributed by atoms with Crippen LogP contribution in [0.25, 0.3) is 0 Å². The Bertz CT molecular complexity index is 807. The highest BCUT2D eigenvalue weighted by atomic mass is 35.5. The topological polar surface area (TPSA) is 89.0 Å². The fourth-order valence-corrected chi connectivity index (χ4v) is 2.14. The van der Waals surface area contributed by atoms with Crippen LogP contribution in [0, 0.1) is 0 Å². The summed E-state index contributed by atoms with van der Waals surface area (Å²) in [6.45, 7) is 1.12. The normalized spacial score (nSPS) is 10.4. The van der Waals surface area contributed by atoms with Crippen molar-refractivity contribution >= 4 is 41.0 Å². The first-order chi connectivity index (χ1) is 12.5. The lowest BCUT2D eigenvalue weighted by molar-refractivity contribution is -0.120. The number of ether oxygens (including phenoxy) is 1. The Labute approximate surface area is 155 Å². The van der Waals surface area contributed by atoms with Gasteiger partial charge in [-0.2, -0.15) is 0 Å². The second kappa shape index (κ2) is 9.43. The summed E-state index contributed by atoms with van der Waals surface area (Å²) in [6.07, 6.45) is 1.47. The van der Waals surface area contributed by atoms with Crippen LogP contribution < -0.4 is 15.4 Å². The predicted molar refractivity (Wildman–Crippen MR) is 101 cm³/mol. The molecule has 0 unspecified atom stereocenters. The smallest absolute Gasteiger partial charge is 0.265 e. The molecule has 0 radical (unpaired) electrons. The zero-order valence-corrected chi connectivity index (χ0v) is 15.0. The molecular weight excluding hydrogens is 358 g/mol. The maximum Gasteiger partial charge on any atom is 0.265 e. The highest BCUT2D eigenvalue weighted by Gasteiger charge is 2.09. The second-order valence-electron chi connectivity index (χ2n) is 5.20. The third-order valence-corrected chi connectivity index (χ3v) is 3.39. The number of carbonyl (C=O) groups is 2. The summed E-state index contributed by atoms with van der Waals surface area (Å²) >= 11 is 5.79. The quantitative estimate of drug-likeness (QED) is 0.574. The number of nitrogens with zero attached hydrogens (tertiary/aromatic N) is 1. The van der Waals surface area contributed by atoms with Crippen LogP contribution in [-0.4, -0.2) is 31.7 Å². The number of nitrogens with one attached hydrogen (secondary N) is 2. The number of hydrogen-bond acceptors (Lipinski definition) is 5. The Morgan fingerprint density at radius 3 is 2.54 bits per heavy atom. The number of amides is 2. The summed E-state index contributed by atoms with van der Waals surface area (Å²) in [5, 5.41) is 9.64. The molecule has 0 saturated carbocycles. The van der Waals surface area contributed by atoms with Crippen molar-refractivity contribution in [1.29, 1.82) is 0 Å². The van der Waals surface area contributed by atoms with Gasteiger partial charge < -0.3 is 20.2 Å². The summed E-state index contributed by atoms with van der Waals surface area (Å²) in [5.74, 6) is -0.180. The monoisotopic (exact) mass is 375 g/mol. The molecule has 0 saturated heterocycles. The van der Waals surface area contributed by atoms with Crippen LogP contribution in [0.4, 0.5) is 11.4 Å². The Morgan fingerprint density at radius 2 is 1.88 bits per heavy atom. The van der Waals surface area contributed by atoms with Gasteiger partial charge in [0.1, 0.15) is 5.75 Å². The molecule has 0 aliphatic rings. The van der Waals surface area contributed by atoms with Crippen molar-refractivity contribution in [3.05, 3.63) is 53.1 Å². The van der Waals surface area contributed by atoms with Crippen LogP contribution in [0.1, 0.15) is 12.5 Å². The Hall–Kier alpha value is -3.06. The zero-order chi connectivity index (χ0) is 18.9. The van der Waals surface area contributed by atoms with Crippen LogP contribution in [0.2, 0.25) is 5.02 Å². The standard InChI is InChI=1S/C18H18ClN3O4/c1-12(23)21-15-7-8-17(25-2)16(9-15)22-18(24)11-26-20-10-13-3-5-14(19)6-4-13/h3-10H,11H2,1-2H3,(H,21,23)(H,22,24)/b20-10+. The summed E-state index contributed by atoms with van der Waals surface area (Å²) in [5.41, 5.74) is 1.74. The largest absolute Gasteiger partial charge is 0.495 e. The Kier molecular flexibility index (Phi) is 6.99. The van der Waals surface area contributed by atoms with E-state index in [4.69, 9.17) is 21.2 Å². The molecule has 0 aromatic heterocycles. The summed E-state index contributed by atoms with van der Waals surface area (Å²) in [7, 11) is 1.48. The minimum Gasteiger partial charge on any atom is -0.495 e. The first-order valence-corrected chi connectivity index (χ1v) is 8.02. The van der Waals surface area contributed by atoms with E-state index in [9.17, 15) is 9.59 Å². The number of oxime groups is 1. The van der Waals surface area contributed by atoms with Crippen molar-refractivity contribution in [3.8, 4) is 5.75 Å². The highest BCUT2D eigenvalue weighted by Crippen LogP contribution is 2.27. The van der Waals surface area contributed by atoms with Crippen LogP contribution in [-0.2, 0) is 14.4 Å². The first-order valence-electron chi connectivity index (χ1n) is 7.64. The molecule has 26 heavy (non-hydrogen) atoms. The number of benzene rings is 2. The average molecular weight is 376 g/mol. The highest BCUT2D eigenvalue weighted by molar-refractivity contribution is 6.30. The number of halogens is 1. The maximum absolute atomic E-state index is 12.0. The van der Waals surface area contributed by atoms with Gasteiger partial charge in [-0.1, -0.05) is 28.9 Å². The van der Waals surface area contributed by atoms with Crippen molar-refractivity contribution in [1.82, 2.24) is 0 Å². The lowest BCUT2D eigenvalue weighted by Gasteiger charge is -2.12. The molecule has 0 aliphatic heterocycles. The van der Waals surface area contributed by atoms with Crippen LogP contribution >= 0.6 is 11.6 Å². The molecule has 2 N–H and O–H groups in total. The van der Waals surface area contributed by atoms with E-state index in [0.29, 0.717) is 22.1 Å². The number of rotatable bonds is 7. The molecule has 2 rings (SSSR count). The minimum absolute atomic E-state index is 0.215.